The van der Waals surface area contributed by atoms with Crippen molar-refractivity contribution >= 4 is 26.9 Å². The predicted octanol–water partition coefficient (Wildman–Crippen LogP) is 4.38. The minimum absolute atomic E-state index is 0.158. The first-order valence-corrected chi connectivity index (χ1v) is 11.1. The largest absolute Gasteiger partial charge is 0.457 e. The first-order chi connectivity index (χ1) is 16.2. The smallest absolute Gasteiger partial charge is 0.429 e. The van der Waals surface area contributed by atoms with E-state index in [-0.39, 0.29) is 27.1 Å². The molecule has 1 atom stereocenters. The van der Waals surface area contributed by atoms with E-state index in [0.717, 1.165) is 6.20 Å². The molecule has 0 aliphatic carbocycles. The van der Waals surface area contributed by atoms with Gasteiger partial charge in [-0.1, -0.05) is 30.3 Å². The van der Waals surface area contributed by atoms with Gasteiger partial charge in [0.2, 0.25) is 11.9 Å². The van der Waals surface area contributed by atoms with Crippen LogP contribution in [0.5, 0.6) is 5.88 Å². The second-order valence-corrected chi connectivity index (χ2v) is 8.56. The van der Waals surface area contributed by atoms with Crippen molar-refractivity contribution in [1.82, 2.24) is 15.0 Å². The number of alkyl halides is 3. The Balaban J connectivity index is 1.83. The molecule has 0 radical (unpaired) electrons. The fourth-order valence-electron chi connectivity index (χ4n) is 3.07. The number of ether oxygens (including phenoxy) is 1. The topological polar surface area (TPSA) is 118 Å². The zero-order valence-corrected chi connectivity index (χ0v) is 17.9. The number of nitrogens with zero attached hydrogens (tertiary/aromatic N) is 4. The van der Waals surface area contributed by atoms with Crippen LogP contribution in [0.4, 0.5) is 19.0 Å². The number of nitrogens with one attached hydrogen (secondary N) is 1. The molecule has 172 valence electrons. The third-order valence-corrected chi connectivity index (χ3v) is 5.98. The van der Waals surface area contributed by atoms with E-state index in [9.17, 15) is 26.9 Å². The fourth-order valence-corrected chi connectivity index (χ4v) is 4.23. The van der Waals surface area contributed by atoms with Gasteiger partial charge in [0.05, 0.1) is 16.6 Å². The number of hydrogen-bond donors (Lipinski definition) is 1. The van der Waals surface area contributed by atoms with Crippen LogP contribution in [0.2, 0.25) is 0 Å². The number of rotatable bonds is 6. The van der Waals surface area contributed by atoms with Crippen LogP contribution in [0, 0.1) is 11.3 Å². The van der Waals surface area contributed by atoms with Gasteiger partial charge in [-0.2, -0.15) is 18.4 Å². The van der Waals surface area contributed by atoms with Crippen molar-refractivity contribution < 1.29 is 26.3 Å². The van der Waals surface area contributed by atoms with Crippen LogP contribution in [0.1, 0.15) is 17.2 Å². The number of pyridine rings is 1. The Morgan fingerprint density at radius 2 is 1.65 bits per heavy atom. The number of anilines is 1. The highest BCUT2D eigenvalue weighted by Crippen LogP contribution is 2.38. The number of nitriles is 1. The normalized spacial score (nSPS) is 12.6. The van der Waals surface area contributed by atoms with Gasteiger partial charge in [0.1, 0.15) is 11.0 Å². The number of fused-ring (bicyclic) bond motifs is 1. The third kappa shape index (κ3) is 4.74. The van der Waals surface area contributed by atoms with Crippen molar-refractivity contribution in [3.8, 4) is 11.9 Å². The Hall–Kier alpha value is -4.24. The van der Waals surface area contributed by atoms with Crippen molar-refractivity contribution in [1.29, 1.82) is 5.26 Å². The second-order valence-electron chi connectivity index (χ2n) is 6.91. The van der Waals surface area contributed by atoms with Gasteiger partial charge in [-0.3, -0.25) is 9.71 Å². The van der Waals surface area contributed by atoms with E-state index in [1.807, 2.05) is 0 Å². The average Bonchev–Trinajstić information content (AvgIpc) is 2.82. The van der Waals surface area contributed by atoms with Crippen LogP contribution in [0.15, 0.2) is 78.0 Å². The first-order valence-electron chi connectivity index (χ1n) is 9.61. The molecule has 34 heavy (non-hydrogen) atoms. The number of benzene rings is 2. The first kappa shape index (κ1) is 22.9. The molecule has 0 fully saturated rings. The van der Waals surface area contributed by atoms with Gasteiger partial charge in [0.25, 0.3) is 15.9 Å². The number of sulfonamides is 1. The van der Waals surface area contributed by atoms with E-state index in [0.29, 0.717) is 0 Å². The lowest BCUT2D eigenvalue weighted by atomic mass is 10.1. The average molecular weight is 485 g/mol. The Morgan fingerprint density at radius 3 is 2.29 bits per heavy atom. The highest BCUT2D eigenvalue weighted by Gasteiger charge is 2.44. The van der Waals surface area contributed by atoms with E-state index in [2.05, 4.69) is 19.7 Å². The molecule has 12 heteroatoms. The summed E-state index contributed by atoms with van der Waals surface area (Å²) in [6, 6.07) is 15.8. The molecule has 2 aromatic carbocycles. The van der Waals surface area contributed by atoms with Gasteiger partial charge in [-0.15, -0.1) is 0 Å². The minimum atomic E-state index is -4.88. The number of halogens is 3. The molecular weight excluding hydrogens is 471 g/mol. The van der Waals surface area contributed by atoms with Gasteiger partial charge < -0.3 is 4.74 Å². The quantitative estimate of drug-likeness (QED) is 0.431. The Bertz CT molecular complexity index is 1490. The number of aromatic nitrogens is 3. The molecule has 1 N–H and O–H groups in total. The molecule has 4 aromatic rings. The molecule has 0 aliphatic rings. The van der Waals surface area contributed by atoms with E-state index >= 15 is 0 Å². The van der Waals surface area contributed by atoms with Crippen molar-refractivity contribution in [2.75, 3.05) is 4.72 Å². The number of hydrogen-bond acceptors (Lipinski definition) is 7. The van der Waals surface area contributed by atoms with E-state index in [1.54, 1.807) is 18.2 Å². The lowest BCUT2D eigenvalue weighted by Crippen LogP contribution is -2.27. The fraction of sp³-hybridized carbons (Fsp3) is 0.0909. The van der Waals surface area contributed by atoms with Gasteiger partial charge in [0, 0.05) is 18.0 Å². The standard InChI is InChI=1S/C22H14F3N5O3S/c23-22(24,25)19(15-7-5-11-27-13-15)33-21-20(28-16-8-2-3-9-17(16)29-21)30-34(31,32)18-10-4-1-6-14(18)12-26/h1-11,13,19H,(H,28,30). The zero-order chi connectivity index (χ0) is 24.3. The minimum Gasteiger partial charge on any atom is -0.457 e. The van der Waals surface area contributed by atoms with Gasteiger partial charge in [-0.25, -0.2) is 18.4 Å². The summed E-state index contributed by atoms with van der Waals surface area (Å²) in [5.74, 6) is -1.26. The molecule has 8 nitrogen and oxygen atoms in total. The summed E-state index contributed by atoms with van der Waals surface area (Å²) in [6.07, 6.45) is -5.08. The van der Waals surface area contributed by atoms with Crippen LogP contribution in [0.3, 0.4) is 0 Å². The van der Waals surface area contributed by atoms with Crippen molar-refractivity contribution in [2.45, 2.75) is 17.2 Å². The highest BCUT2D eigenvalue weighted by molar-refractivity contribution is 7.92. The zero-order valence-electron chi connectivity index (χ0n) is 17.1. The summed E-state index contributed by atoms with van der Waals surface area (Å²) in [6.45, 7) is 0. The molecule has 2 aromatic heterocycles. The summed E-state index contributed by atoms with van der Waals surface area (Å²) < 4.78 is 74.9. The molecule has 2 heterocycles. The Kier molecular flexibility index (Phi) is 6.04. The summed E-state index contributed by atoms with van der Waals surface area (Å²) in [5, 5.41) is 9.25. The third-order valence-electron chi connectivity index (χ3n) is 4.58. The molecule has 1 unspecified atom stereocenters. The highest BCUT2D eigenvalue weighted by atomic mass is 32.2. The molecule has 0 aliphatic heterocycles. The van der Waals surface area contributed by atoms with Gasteiger partial charge in [0.15, 0.2) is 0 Å². The van der Waals surface area contributed by atoms with Crippen LogP contribution >= 0.6 is 0 Å². The molecule has 0 amide bonds. The number of para-hydroxylation sites is 2. The summed E-state index contributed by atoms with van der Waals surface area (Å²) >= 11 is 0. The van der Waals surface area contributed by atoms with Crippen LogP contribution in [-0.2, 0) is 10.0 Å². The van der Waals surface area contributed by atoms with Gasteiger partial charge in [-0.05, 0) is 30.3 Å². The van der Waals surface area contributed by atoms with Gasteiger partial charge >= 0.3 is 6.18 Å². The van der Waals surface area contributed by atoms with E-state index < -0.39 is 34.0 Å². The van der Waals surface area contributed by atoms with Crippen LogP contribution in [0.25, 0.3) is 11.0 Å². The van der Waals surface area contributed by atoms with E-state index in [4.69, 9.17) is 4.74 Å². The lowest BCUT2D eigenvalue weighted by molar-refractivity contribution is -0.198. The maximum Gasteiger partial charge on any atom is 0.429 e. The Morgan fingerprint density at radius 1 is 0.971 bits per heavy atom. The molecule has 0 saturated heterocycles. The maximum atomic E-state index is 13.9. The van der Waals surface area contributed by atoms with E-state index in [1.165, 1.54) is 54.7 Å². The summed E-state index contributed by atoms with van der Waals surface area (Å²) in [4.78, 5) is 11.5. The molecule has 0 saturated carbocycles. The molecule has 4 rings (SSSR count). The van der Waals surface area contributed by atoms with Crippen molar-refractivity contribution in [3.63, 3.8) is 0 Å². The van der Waals surface area contributed by atoms with Crippen LogP contribution < -0.4 is 9.46 Å². The van der Waals surface area contributed by atoms with Crippen molar-refractivity contribution in [2.24, 2.45) is 0 Å². The summed E-state index contributed by atoms with van der Waals surface area (Å²) in [5.41, 5.74) is -0.0700. The van der Waals surface area contributed by atoms with Crippen molar-refractivity contribution in [3.05, 3.63) is 84.2 Å². The van der Waals surface area contributed by atoms with Crippen LogP contribution in [-0.4, -0.2) is 29.5 Å². The SMILES string of the molecule is N#Cc1ccccc1S(=O)(=O)Nc1nc2ccccc2nc1OC(c1cccnc1)C(F)(F)F. The molecule has 0 bridgehead atoms. The Labute approximate surface area is 191 Å². The second kappa shape index (κ2) is 8.95. The maximum absolute atomic E-state index is 13.9. The molecule has 0 spiro atoms. The summed E-state index contributed by atoms with van der Waals surface area (Å²) in [7, 11) is -4.43. The lowest BCUT2D eigenvalue weighted by Gasteiger charge is -2.22. The monoisotopic (exact) mass is 485 g/mol. The molecular formula is C22H14F3N5O3S. The predicted molar refractivity (Wildman–Crippen MR) is 115 cm³/mol.